The normalized spacial score (nSPS) is 10.7. The number of hydrogen-bond donors (Lipinski definition) is 1. The minimum Gasteiger partial charge on any atom is -0.726 e. The number of pyridine rings is 1. The van der Waals surface area contributed by atoms with Crippen molar-refractivity contribution in [2.75, 3.05) is 14.2 Å². The van der Waals surface area contributed by atoms with Gasteiger partial charge < -0.3 is 9.66 Å². The van der Waals surface area contributed by atoms with Crippen molar-refractivity contribution in [1.82, 2.24) is 0 Å². The van der Waals surface area contributed by atoms with Crippen LogP contribution in [-0.2, 0) is 14.6 Å². The van der Waals surface area contributed by atoms with Gasteiger partial charge in [-0.2, -0.15) is 0 Å². The Balaban J connectivity index is 0.000000258. The van der Waals surface area contributed by atoms with Gasteiger partial charge in [0.1, 0.15) is 7.11 Å². The third-order valence-electron chi connectivity index (χ3n) is 2.16. The molecule has 0 aliphatic heterocycles. The molecular formula is C11H13NO6S. The Morgan fingerprint density at radius 2 is 1.79 bits per heavy atom. The SMILES string of the molecule is COS(=O)(=O)[O-].CO[n+]1cccc2cccc(O)c21. The molecule has 0 aliphatic rings. The van der Waals surface area contributed by atoms with Crippen LogP contribution in [0.5, 0.6) is 5.75 Å². The summed E-state index contributed by atoms with van der Waals surface area (Å²) in [6.07, 6.45) is 1.75. The average molecular weight is 287 g/mol. The van der Waals surface area contributed by atoms with Crippen LogP contribution in [0.15, 0.2) is 36.5 Å². The lowest BCUT2D eigenvalue weighted by atomic mass is 10.2. The van der Waals surface area contributed by atoms with Gasteiger partial charge in [0.25, 0.3) is 0 Å². The minimum atomic E-state index is -4.41. The fourth-order valence-corrected chi connectivity index (χ4v) is 1.37. The van der Waals surface area contributed by atoms with Gasteiger partial charge in [0.15, 0.2) is 5.75 Å². The van der Waals surface area contributed by atoms with Crippen LogP contribution in [0.4, 0.5) is 0 Å². The van der Waals surface area contributed by atoms with Crippen molar-refractivity contribution in [2.45, 2.75) is 0 Å². The molecule has 0 aliphatic carbocycles. The fourth-order valence-electron chi connectivity index (χ4n) is 1.37. The second-order valence-corrected chi connectivity index (χ2v) is 4.46. The van der Waals surface area contributed by atoms with Gasteiger partial charge in [0, 0.05) is 10.8 Å². The highest BCUT2D eigenvalue weighted by Crippen LogP contribution is 2.19. The van der Waals surface area contributed by atoms with Gasteiger partial charge in [-0.15, -0.1) is 0 Å². The Morgan fingerprint density at radius 1 is 1.21 bits per heavy atom. The summed E-state index contributed by atoms with van der Waals surface area (Å²) in [5.74, 6) is 0.222. The molecule has 104 valence electrons. The molecule has 2 aromatic rings. The molecule has 0 saturated carbocycles. The monoisotopic (exact) mass is 287 g/mol. The smallest absolute Gasteiger partial charge is 0.305 e. The van der Waals surface area contributed by atoms with E-state index < -0.39 is 10.4 Å². The standard InChI is InChI=1S/C10H9NO2.CH4O4S/c1-13-11-7-3-5-8-4-2-6-9(12)10(8)11;1-5-6(2,3)4/h2-7H,1H3;1H3,(H,2,3,4). The van der Waals surface area contributed by atoms with E-state index in [1.807, 2.05) is 18.2 Å². The summed E-state index contributed by atoms with van der Waals surface area (Å²) < 4.78 is 32.6. The van der Waals surface area contributed by atoms with Gasteiger partial charge >= 0.3 is 5.52 Å². The molecule has 0 saturated heterocycles. The van der Waals surface area contributed by atoms with Crippen LogP contribution in [0.2, 0.25) is 0 Å². The molecule has 7 nitrogen and oxygen atoms in total. The predicted molar refractivity (Wildman–Crippen MR) is 65.0 cm³/mol. The molecule has 0 spiro atoms. The molecule has 0 fully saturated rings. The summed E-state index contributed by atoms with van der Waals surface area (Å²) >= 11 is 0. The van der Waals surface area contributed by atoms with E-state index in [0.717, 1.165) is 12.5 Å². The number of para-hydroxylation sites is 1. The topological polar surface area (TPSA) is 99.8 Å². The van der Waals surface area contributed by atoms with Crippen LogP contribution in [0.1, 0.15) is 0 Å². The molecule has 1 aromatic carbocycles. The van der Waals surface area contributed by atoms with E-state index in [4.69, 9.17) is 4.84 Å². The van der Waals surface area contributed by atoms with Gasteiger partial charge in [0.2, 0.25) is 16.6 Å². The Bertz CT molecular complexity index is 650. The molecule has 0 bridgehead atoms. The number of fused-ring (bicyclic) bond motifs is 1. The Hall–Kier alpha value is -1.90. The number of phenols is 1. The Kier molecular flexibility index (Phi) is 5.04. The molecule has 0 atom stereocenters. The van der Waals surface area contributed by atoms with Crippen LogP contribution in [0, 0.1) is 0 Å². The van der Waals surface area contributed by atoms with Gasteiger partial charge in [-0.05, 0) is 18.2 Å². The first-order valence-electron chi connectivity index (χ1n) is 5.07. The quantitative estimate of drug-likeness (QED) is 0.473. The van der Waals surface area contributed by atoms with E-state index >= 15 is 0 Å². The van der Waals surface area contributed by atoms with Crippen molar-refractivity contribution in [2.24, 2.45) is 0 Å². The van der Waals surface area contributed by atoms with Crippen molar-refractivity contribution >= 4 is 21.3 Å². The Labute approximate surface area is 110 Å². The summed E-state index contributed by atoms with van der Waals surface area (Å²) in [6.45, 7) is 0. The molecule has 1 heterocycles. The summed E-state index contributed by atoms with van der Waals surface area (Å²) in [6, 6.07) is 9.15. The zero-order chi connectivity index (χ0) is 14.5. The van der Waals surface area contributed by atoms with Crippen LogP contribution in [-0.4, -0.2) is 32.3 Å². The molecule has 2 rings (SSSR count). The highest BCUT2D eigenvalue weighted by Gasteiger charge is 2.12. The van der Waals surface area contributed by atoms with Crippen LogP contribution < -0.4 is 9.57 Å². The first kappa shape index (κ1) is 15.2. The van der Waals surface area contributed by atoms with Crippen molar-refractivity contribution in [1.29, 1.82) is 0 Å². The van der Waals surface area contributed by atoms with Gasteiger partial charge in [-0.1, -0.05) is 6.07 Å². The fraction of sp³-hybridized carbons (Fsp3) is 0.182. The Morgan fingerprint density at radius 3 is 2.32 bits per heavy atom. The maximum absolute atomic E-state index is 9.58. The van der Waals surface area contributed by atoms with Crippen LogP contribution in [0.3, 0.4) is 0 Å². The van der Waals surface area contributed by atoms with E-state index in [0.29, 0.717) is 5.52 Å². The molecule has 8 heteroatoms. The number of aromatic hydroxyl groups is 1. The van der Waals surface area contributed by atoms with E-state index in [9.17, 15) is 18.1 Å². The van der Waals surface area contributed by atoms with Gasteiger partial charge in [-0.3, -0.25) is 9.02 Å². The second kappa shape index (κ2) is 6.32. The molecule has 1 aromatic heterocycles. The number of aromatic nitrogens is 1. The maximum Gasteiger partial charge on any atom is 0.305 e. The van der Waals surface area contributed by atoms with Crippen LogP contribution in [0.25, 0.3) is 10.9 Å². The number of phenolic OH excluding ortho intramolecular Hbond substituents is 1. The molecule has 0 radical (unpaired) electrons. The maximum atomic E-state index is 9.58. The van der Waals surface area contributed by atoms with Gasteiger partial charge in [0.05, 0.1) is 12.5 Å². The first-order valence-corrected chi connectivity index (χ1v) is 6.40. The minimum absolute atomic E-state index is 0.222. The van der Waals surface area contributed by atoms with E-state index in [2.05, 4.69) is 4.18 Å². The molecule has 1 N–H and O–H groups in total. The lowest BCUT2D eigenvalue weighted by Crippen LogP contribution is -2.40. The third kappa shape index (κ3) is 4.36. The summed E-state index contributed by atoms with van der Waals surface area (Å²) in [5.41, 5.74) is 0.688. The highest BCUT2D eigenvalue weighted by atomic mass is 32.3. The zero-order valence-corrected chi connectivity index (χ0v) is 11.1. The molecular weight excluding hydrogens is 274 g/mol. The number of rotatable bonds is 2. The molecule has 0 unspecified atom stereocenters. The van der Waals surface area contributed by atoms with E-state index in [1.165, 1.54) is 4.73 Å². The largest absolute Gasteiger partial charge is 0.726 e. The molecule has 19 heavy (non-hydrogen) atoms. The number of hydrogen-bond acceptors (Lipinski definition) is 6. The highest BCUT2D eigenvalue weighted by molar-refractivity contribution is 7.80. The van der Waals surface area contributed by atoms with E-state index in [-0.39, 0.29) is 5.75 Å². The first-order chi connectivity index (χ1) is 8.89. The van der Waals surface area contributed by atoms with Crippen molar-refractivity contribution in [3.8, 4) is 5.75 Å². The average Bonchev–Trinajstić information content (AvgIpc) is 2.38. The number of nitrogens with zero attached hydrogens (tertiary/aromatic N) is 1. The lowest BCUT2D eigenvalue weighted by Gasteiger charge is -1.98. The zero-order valence-electron chi connectivity index (χ0n) is 10.3. The molecule has 0 amide bonds. The van der Waals surface area contributed by atoms with Crippen LogP contribution >= 0.6 is 0 Å². The lowest BCUT2D eigenvalue weighted by molar-refractivity contribution is -0.865. The second-order valence-electron chi connectivity index (χ2n) is 3.31. The van der Waals surface area contributed by atoms with Crippen molar-refractivity contribution in [3.63, 3.8) is 0 Å². The van der Waals surface area contributed by atoms with Crippen molar-refractivity contribution < 1.29 is 31.8 Å². The van der Waals surface area contributed by atoms with E-state index in [1.54, 1.807) is 25.4 Å². The third-order valence-corrected chi connectivity index (χ3v) is 2.57. The number of benzene rings is 1. The summed E-state index contributed by atoms with van der Waals surface area (Å²) in [4.78, 5) is 5.06. The summed E-state index contributed by atoms with van der Waals surface area (Å²) in [7, 11) is -2.04. The predicted octanol–water partition coefficient (Wildman–Crippen LogP) is -0.0157. The summed E-state index contributed by atoms with van der Waals surface area (Å²) in [5, 5.41) is 10.5. The van der Waals surface area contributed by atoms with Crippen molar-refractivity contribution in [3.05, 3.63) is 36.5 Å². The van der Waals surface area contributed by atoms with Gasteiger partial charge in [-0.25, -0.2) is 8.42 Å².